The van der Waals surface area contributed by atoms with E-state index in [0.29, 0.717) is 12.4 Å². The number of nitrogens with one attached hydrogen (secondary N) is 1. The Kier molecular flexibility index (Phi) is 3.72. The third kappa shape index (κ3) is 2.84. The number of carbonyl (C=O) groups excluding carboxylic acids is 1. The smallest absolute Gasteiger partial charge is 0.223 e. The minimum Gasteiger partial charge on any atom is -0.441 e. The van der Waals surface area contributed by atoms with Crippen LogP contribution in [0.3, 0.4) is 0 Å². The molecule has 1 aromatic heterocycles. The van der Waals surface area contributed by atoms with Crippen molar-refractivity contribution in [3.63, 3.8) is 0 Å². The molecule has 4 nitrogen and oxygen atoms in total. The van der Waals surface area contributed by atoms with Gasteiger partial charge in [-0.1, -0.05) is 25.3 Å². The van der Waals surface area contributed by atoms with Crippen LogP contribution in [-0.2, 0) is 11.3 Å². The number of aryl methyl sites for hydroxylation is 1. The van der Waals surface area contributed by atoms with Crippen molar-refractivity contribution in [2.75, 3.05) is 0 Å². The number of rotatable bonds is 3. The first-order chi connectivity index (χ1) is 9.72. The summed E-state index contributed by atoms with van der Waals surface area (Å²) in [5.41, 5.74) is 2.71. The molecule has 0 spiro atoms. The molecule has 3 rings (SSSR count). The van der Waals surface area contributed by atoms with Crippen molar-refractivity contribution in [2.45, 2.75) is 45.6 Å². The molecule has 0 atom stereocenters. The van der Waals surface area contributed by atoms with Crippen molar-refractivity contribution >= 4 is 17.0 Å². The molecule has 1 aliphatic carbocycles. The van der Waals surface area contributed by atoms with Crippen molar-refractivity contribution in [2.24, 2.45) is 5.92 Å². The number of carbonyl (C=O) groups is 1. The molecular formula is C16H20N2O2. The fourth-order valence-electron chi connectivity index (χ4n) is 2.90. The highest BCUT2D eigenvalue weighted by atomic mass is 16.3. The van der Waals surface area contributed by atoms with Crippen LogP contribution in [0.5, 0.6) is 0 Å². The molecule has 0 saturated heterocycles. The molecule has 0 unspecified atom stereocenters. The van der Waals surface area contributed by atoms with Gasteiger partial charge in [-0.2, -0.15) is 0 Å². The number of hydrogen-bond acceptors (Lipinski definition) is 3. The monoisotopic (exact) mass is 272 g/mol. The summed E-state index contributed by atoms with van der Waals surface area (Å²) in [6, 6.07) is 5.87. The molecule has 1 heterocycles. The highest BCUT2D eigenvalue weighted by molar-refractivity contribution is 5.79. The fraction of sp³-hybridized carbons (Fsp3) is 0.500. The Morgan fingerprint density at radius 1 is 1.35 bits per heavy atom. The zero-order valence-electron chi connectivity index (χ0n) is 11.8. The first-order valence-electron chi connectivity index (χ1n) is 7.36. The van der Waals surface area contributed by atoms with E-state index in [1.54, 1.807) is 0 Å². The van der Waals surface area contributed by atoms with Gasteiger partial charge in [0.15, 0.2) is 11.5 Å². The summed E-state index contributed by atoms with van der Waals surface area (Å²) in [5, 5.41) is 3.04. The summed E-state index contributed by atoms with van der Waals surface area (Å²) in [4.78, 5) is 16.4. The molecule has 1 aromatic carbocycles. The lowest BCUT2D eigenvalue weighted by Crippen LogP contribution is -2.31. The van der Waals surface area contributed by atoms with Crippen LogP contribution in [0, 0.1) is 12.8 Å². The lowest BCUT2D eigenvalue weighted by Gasteiger charge is -2.20. The Morgan fingerprint density at radius 3 is 2.95 bits per heavy atom. The van der Waals surface area contributed by atoms with Crippen LogP contribution in [0.2, 0.25) is 0 Å². The van der Waals surface area contributed by atoms with Crippen LogP contribution in [0.1, 0.15) is 43.6 Å². The lowest BCUT2D eigenvalue weighted by molar-refractivity contribution is -0.126. The predicted molar refractivity (Wildman–Crippen MR) is 77.2 cm³/mol. The quantitative estimate of drug-likeness (QED) is 0.932. The molecule has 20 heavy (non-hydrogen) atoms. The average Bonchev–Trinajstić information content (AvgIpc) is 2.85. The van der Waals surface area contributed by atoms with Crippen molar-refractivity contribution in [3.05, 3.63) is 29.7 Å². The highest BCUT2D eigenvalue weighted by Gasteiger charge is 2.20. The molecule has 1 saturated carbocycles. The summed E-state index contributed by atoms with van der Waals surface area (Å²) < 4.78 is 5.45. The van der Waals surface area contributed by atoms with E-state index in [0.717, 1.165) is 29.5 Å². The minimum absolute atomic E-state index is 0.195. The first kappa shape index (κ1) is 13.2. The Labute approximate surface area is 118 Å². The number of amides is 1. The topological polar surface area (TPSA) is 55.1 Å². The summed E-state index contributed by atoms with van der Waals surface area (Å²) in [6.45, 7) is 2.40. The van der Waals surface area contributed by atoms with Gasteiger partial charge in [0.2, 0.25) is 5.91 Å². The molecule has 2 aromatic rings. The molecule has 1 aliphatic rings. The van der Waals surface area contributed by atoms with Crippen LogP contribution >= 0.6 is 0 Å². The maximum atomic E-state index is 12.1. The van der Waals surface area contributed by atoms with Crippen molar-refractivity contribution in [1.29, 1.82) is 0 Å². The fourth-order valence-corrected chi connectivity index (χ4v) is 2.90. The maximum Gasteiger partial charge on any atom is 0.223 e. The Hall–Kier alpha value is -1.84. The summed E-state index contributed by atoms with van der Waals surface area (Å²) >= 11 is 0. The Morgan fingerprint density at radius 2 is 2.15 bits per heavy atom. The molecule has 1 N–H and O–H groups in total. The SMILES string of the molecule is Cc1nc2cc(CNC(=O)C3CCCCC3)ccc2o1. The zero-order chi connectivity index (χ0) is 13.9. The largest absolute Gasteiger partial charge is 0.441 e. The second-order valence-electron chi connectivity index (χ2n) is 5.59. The van der Waals surface area contributed by atoms with E-state index in [1.807, 2.05) is 25.1 Å². The van der Waals surface area contributed by atoms with Gasteiger partial charge in [-0.3, -0.25) is 4.79 Å². The predicted octanol–water partition coefficient (Wildman–Crippen LogP) is 3.33. The van der Waals surface area contributed by atoms with E-state index in [-0.39, 0.29) is 11.8 Å². The first-order valence-corrected chi connectivity index (χ1v) is 7.36. The molecule has 0 aliphatic heterocycles. The summed E-state index contributed by atoms with van der Waals surface area (Å²) in [5.74, 6) is 1.08. The summed E-state index contributed by atoms with van der Waals surface area (Å²) in [7, 11) is 0. The van der Waals surface area contributed by atoms with Crippen molar-refractivity contribution < 1.29 is 9.21 Å². The molecule has 1 amide bonds. The number of aromatic nitrogens is 1. The van der Waals surface area contributed by atoms with E-state index >= 15 is 0 Å². The highest BCUT2D eigenvalue weighted by Crippen LogP contribution is 2.24. The van der Waals surface area contributed by atoms with Gasteiger partial charge >= 0.3 is 0 Å². The van der Waals surface area contributed by atoms with Gasteiger partial charge in [0, 0.05) is 19.4 Å². The van der Waals surface area contributed by atoms with Crippen LogP contribution < -0.4 is 5.32 Å². The number of fused-ring (bicyclic) bond motifs is 1. The van der Waals surface area contributed by atoms with Crippen LogP contribution in [-0.4, -0.2) is 10.9 Å². The maximum absolute atomic E-state index is 12.1. The third-order valence-electron chi connectivity index (χ3n) is 4.00. The van der Waals surface area contributed by atoms with E-state index < -0.39 is 0 Å². The number of oxazole rings is 1. The van der Waals surface area contributed by atoms with E-state index in [9.17, 15) is 4.79 Å². The lowest BCUT2D eigenvalue weighted by atomic mass is 9.88. The van der Waals surface area contributed by atoms with Gasteiger partial charge in [-0.25, -0.2) is 4.98 Å². The van der Waals surface area contributed by atoms with Crippen LogP contribution in [0.4, 0.5) is 0 Å². The van der Waals surface area contributed by atoms with Gasteiger partial charge < -0.3 is 9.73 Å². The standard InChI is InChI=1S/C16H20N2O2/c1-11-18-14-9-12(7-8-15(14)20-11)10-17-16(19)13-5-3-2-4-6-13/h7-9,13H,2-6,10H2,1H3,(H,17,19). The van der Waals surface area contributed by atoms with Crippen molar-refractivity contribution in [3.8, 4) is 0 Å². The second kappa shape index (κ2) is 5.65. The van der Waals surface area contributed by atoms with Crippen LogP contribution in [0.25, 0.3) is 11.1 Å². The normalized spacial score (nSPS) is 16.4. The zero-order valence-corrected chi connectivity index (χ0v) is 11.8. The van der Waals surface area contributed by atoms with Crippen molar-refractivity contribution in [1.82, 2.24) is 10.3 Å². The molecule has 0 radical (unpaired) electrons. The summed E-state index contributed by atoms with van der Waals surface area (Å²) in [6.07, 6.45) is 5.71. The van der Waals surface area contributed by atoms with E-state index in [1.165, 1.54) is 19.3 Å². The van der Waals surface area contributed by atoms with Gasteiger partial charge in [-0.05, 0) is 30.5 Å². The molecule has 0 bridgehead atoms. The van der Waals surface area contributed by atoms with Gasteiger partial charge in [0.05, 0.1) is 0 Å². The number of benzene rings is 1. The number of nitrogens with zero attached hydrogens (tertiary/aromatic N) is 1. The second-order valence-corrected chi connectivity index (χ2v) is 5.59. The minimum atomic E-state index is 0.195. The van der Waals surface area contributed by atoms with Gasteiger partial charge in [0.25, 0.3) is 0 Å². The molecular weight excluding hydrogens is 252 g/mol. The third-order valence-corrected chi connectivity index (χ3v) is 4.00. The van der Waals surface area contributed by atoms with Gasteiger partial charge in [0.1, 0.15) is 5.52 Å². The molecule has 106 valence electrons. The Bertz CT molecular complexity index is 612. The number of hydrogen-bond donors (Lipinski definition) is 1. The molecule has 1 fully saturated rings. The van der Waals surface area contributed by atoms with Crippen LogP contribution in [0.15, 0.2) is 22.6 Å². The Balaban J connectivity index is 1.62. The molecule has 4 heteroatoms. The van der Waals surface area contributed by atoms with E-state index in [4.69, 9.17) is 4.42 Å². The average molecular weight is 272 g/mol. The van der Waals surface area contributed by atoms with Gasteiger partial charge in [-0.15, -0.1) is 0 Å². The van der Waals surface area contributed by atoms with E-state index in [2.05, 4.69) is 10.3 Å².